The highest BCUT2D eigenvalue weighted by Crippen LogP contribution is 2.37. The van der Waals surface area contributed by atoms with E-state index < -0.39 is 16.1 Å². The maximum absolute atomic E-state index is 12.3. The molecule has 0 radical (unpaired) electrons. The van der Waals surface area contributed by atoms with Crippen molar-refractivity contribution >= 4 is 15.7 Å². The lowest BCUT2D eigenvalue weighted by Crippen LogP contribution is -2.25. The number of rotatable bonds is 6. The number of hydrogen-bond donors (Lipinski definition) is 0. The Morgan fingerprint density at radius 1 is 0.963 bits per heavy atom. The fourth-order valence-electron chi connectivity index (χ4n) is 3.04. The van der Waals surface area contributed by atoms with Gasteiger partial charge in [0.25, 0.3) is 0 Å². The number of ether oxygens (including phenoxy) is 3. The molecule has 1 aliphatic heterocycles. The van der Waals surface area contributed by atoms with Gasteiger partial charge in [-0.3, -0.25) is 0 Å². The third-order valence-electron chi connectivity index (χ3n) is 4.38. The van der Waals surface area contributed by atoms with Crippen LogP contribution in [0.25, 0.3) is 0 Å². The molecule has 27 heavy (non-hydrogen) atoms. The first-order valence-electron chi connectivity index (χ1n) is 8.30. The second kappa shape index (κ2) is 7.48. The van der Waals surface area contributed by atoms with Crippen LogP contribution in [0.4, 0.5) is 0 Å². The highest BCUT2D eigenvalue weighted by Gasteiger charge is 2.35. The molecule has 144 valence electrons. The van der Waals surface area contributed by atoms with Crippen LogP contribution >= 0.6 is 0 Å². The molecule has 0 bridgehead atoms. The van der Waals surface area contributed by atoms with Gasteiger partial charge in [0.2, 0.25) is 10.0 Å². The molecule has 0 saturated heterocycles. The molecule has 0 saturated carbocycles. The summed E-state index contributed by atoms with van der Waals surface area (Å²) in [5, 5.41) is 4.40. The molecule has 2 aromatic rings. The van der Waals surface area contributed by atoms with Gasteiger partial charge in [-0.25, -0.2) is 8.42 Å². The van der Waals surface area contributed by atoms with E-state index in [0.29, 0.717) is 29.4 Å². The number of hydrazone groups is 1. The Bertz CT molecular complexity index is 950. The lowest BCUT2D eigenvalue weighted by atomic mass is 9.98. The maximum atomic E-state index is 12.3. The minimum atomic E-state index is -3.55. The molecule has 0 spiro atoms. The van der Waals surface area contributed by atoms with E-state index in [9.17, 15) is 8.42 Å². The molecule has 1 aliphatic rings. The van der Waals surface area contributed by atoms with Gasteiger partial charge in [0.05, 0.1) is 39.3 Å². The first-order valence-corrected chi connectivity index (χ1v) is 10.1. The molecule has 0 aliphatic carbocycles. The summed E-state index contributed by atoms with van der Waals surface area (Å²) in [5.74, 6) is 1.89. The monoisotopic (exact) mass is 390 g/mol. The number of sulfonamides is 1. The van der Waals surface area contributed by atoms with Crippen molar-refractivity contribution < 1.29 is 22.6 Å². The van der Waals surface area contributed by atoms with Crippen LogP contribution in [0, 0.1) is 0 Å². The summed E-state index contributed by atoms with van der Waals surface area (Å²) in [6.45, 7) is 0. The molecule has 0 N–H and O–H groups in total. The zero-order valence-corrected chi connectivity index (χ0v) is 16.5. The van der Waals surface area contributed by atoms with E-state index in [2.05, 4.69) is 5.10 Å². The van der Waals surface area contributed by atoms with E-state index in [4.69, 9.17) is 14.2 Å². The highest BCUT2D eigenvalue weighted by molar-refractivity contribution is 7.88. The summed E-state index contributed by atoms with van der Waals surface area (Å²) in [5.41, 5.74) is 2.21. The van der Waals surface area contributed by atoms with E-state index in [1.54, 1.807) is 27.4 Å². The van der Waals surface area contributed by atoms with Gasteiger partial charge < -0.3 is 14.2 Å². The molecule has 0 unspecified atom stereocenters. The largest absolute Gasteiger partial charge is 0.497 e. The first kappa shape index (κ1) is 19.0. The van der Waals surface area contributed by atoms with Crippen molar-refractivity contribution in [2.45, 2.75) is 12.5 Å². The number of benzene rings is 2. The standard InChI is InChI=1S/C19H22N2O5S/c1-24-15-7-5-6-13(8-15)19-12-18(20-21(19)27(4,22)23)14-9-16(25-2)11-17(10-14)26-3/h5-11,19H,12H2,1-4H3/t19-/m1/s1. The third kappa shape index (κ3) is 4.00. The highest BCUT2D eigenvalue weighted by atomic mass is 32.2. The van der Waals surface area contributed by atoms with Crippen LogP contribution in [0.5, 0.6) is 17.2 Å². The molecule has 0 fully saturated rings. The van der Waals surface area contributed by atoms with Crippen LogP contribution in [-0.4, -0.2) is 46.1 Å². The average molecular weight is 390 g/mol. The Labute approximate surface area is 159 Å². The predicted octanol–water partition coefficient (Wildman–Crippen LogP) is 2.82. The van der Waals surface area contributed by atoms with E-state index >= 15 is 0 Å². The SMILES string of the molecule is COc1cc(OC)cc(C2=NN(S(C)(=O)=O)[C@@H](c3cccc(OC)c3)C2)c1. The molecular weight excluding hydrogens is 368 g/mol. The smallest absolute Gasteiger partial charge is 0.247 e. The summed E-state index contributed by atoms with van der Waals surface area (Å²) < 4.78 is 41.7. The van der Waals surface area contributed by atoms with Gasteiger partial charge in [-0.15, -0.1) is 0 Å². The molecule has 0 amide bonds. The van der Waals surface area contributed by atoms with E-state index in [0.717, 1.165) is 21.8 Å². The van der Waals surface area contributed by atoms with Crippen molar-refractivity contribution in [2.24, 2.45) is 5.10 Å². The molecule has 1 heterocycles. The Morgan fingerprint density at radius 2 is 1.59 bits per heavy atom. The fraction of sp³-hybridized carbons (Fsp3) is 0.316. The second-order valence-corrected chi connectivity index (χ2v) is 8.02. The van der Waals surface area contributed by atoms with Crippen molar-refractivity contribution in [2.75, 3.05) is 27.6 Å². The summed E-state index contributed by atoms with van der Waals surface area (Å²) in [6.07, 6.45) is 1.58. The van der Waals surface area contributed by atoms with Crippen molar-refractivity contribution in [1.82, 2.24) is 4.41 Å². The van der Waals surface area contributed by atoms with Crippen LogP contribution in [-0.2, 0) is 10.0 Å². The molecule has 0 aromatic heterocycles. The second-order valence-electron chi connectivity index (χ2n) is 6.18. The topological polar surface area (TPSA) is 77.4 Å². The van der Waals surface area contributed by atoms with E-state index in [1.165, 1.54) is 0 Å². The van der Waals surface area contributed by atoms with Crippen LogP contribution in [0.1, 0.15) is 23.6 Å². The Morgan fingerprint density at radius 3 is 2.15 bits per heavy atom. The van der Waals surface area contributed by atoms with Crippen LogP contribution in [0.3, 0.4) is 0 Å². The lowest BCUT2D eigenvalue weighted by molar-refractivity contribution is 0.371. The van der Waals surface area contributed by atoms with Gasteiger partial charge in [-0.05, 0) is 29.8 Å². The molecular formula is C19H22N2O5S. The first-order chi connectivity index (χ1) is 12.9. The molecule has 2 aromatic carbocycles. The number of nitrogens with zero attached hydrogens (tertiary/aromatic N) is 2. The van der Waals surface area contributed by atoms with Crippen LogP contribution in [0.2, 0.25) is 0 Å². The van der Waals surface area contributed by atoms with Gasteiger partial charge >= 0.3 is 0 Å². The van der Waals surface area contributed by atoms with Crippen LogP contribution in [0.15, 0.2) is 47.6 Å². The minimum Gasteiger partial charge on any atom is -0.497 e. The Hall–Kier alpha value is -2.74. The Balaban J connectivity index is 2.04. The third-order valence-corrected chi connectivity index (χ3v) is 5.39. The number of hydrogen-bond acceptors (Lipinski definition) is 6. The van der Waals surface area contributed by atoms with Crippen LogP contribution < -0.4 is 14.2 Å². The average Bonchev–Trinajstić information content (AvgIpc) is 3.13. The molecule has 1 atom stereocenters. The van der Waals surface area contributed by atoms with Crippen molar-refractivity contribution in [3.05, 3.63) is 53.6 Å². The molecule has 8 heteroatoms. The lowest BCUT2D eigenvalue weighted by Gasteiger charge is -2.21. The van der Waals surface area contributed by atoms with Crippen molar-refractivity contribution in [1.29, 1.82) is 0 Å². The summed E-state index contributed by atoms with van der Waals surface area (Å²) in [6, 6.07) is 12.3. The van der Waals surface area contributed by atoms with Gasteiger partial charge in [0.1, 0.15) is 17.2 Å². The van der Waals surface area contributed by atoms with Gasteiger partial charge in [-0.2, -0.15) is 9.52 Å². The Kier molecular flexibility index (Phi) is 5.27. The quantitative estimate of drug-likeness (QED) is 0.758. The molecule has 7 nitrogen and oxygen atoms in total. The zero-order chi connectivity index (χ0) is 19.6. The maximum Gasteiger partial charge on any atom is 0.247 e. The summed E-state index contributed by atoms with van der Waals surface area (Å²) >= 11 is 0. The van der Waals surface area contributed by atoms with E-state index in [-0.39, 0.29) is 0 Å². The summed E-state index contributed by atoms with van der Waals surface area (Å²) in [7, 11) is 1.16. The van der Waals surface area contributed by atoms with Gasteiger partial charge in [0, 0.05) is 18.1 Å². The van der Waals surface area contributed by atoms with Crippen molar-refractivity contribution in [3.63, 3.8) is 0 Å². The fourth-order valence-corrected chi connectivity index (χ4v) is 3.95. The van der Waals surface area contributed by atoms with E-state index in [1.807, 2.05) is 36.4 Å². The van der Waals surface area contributed by atoms with Gasteiger partial charge in [0.15, 0.2) is 0 Å². The minimum absolute atomic E-state index is 0.427. The van der Waals surface area contributed by atoms with Gasteiger partial charge in [-0.1, -0.05) is 12.1 Å². The zero-order valence-electron chi connectivity index (χ0n) is 15.7. The van der Waals surface area contributed by atoms with Crippen molar-refractivity contribution in [3.8, 4) is 17.2 Å². The number of methoxy groups -OCH3 is 3. The predicted molar refractivity (Wildman–Crippen MR) is 103 cm³/mol. The summed E-state index contributed by atoms with van der Waals surface area (Å²) in [4.78, 5) is 0. The normalized spacial score (nSPS) is 16.8. The molecule has 3 rings (SSSR count).